The molecule has 0 saturated heterocycles. The summed E-state index contributed by atoms with van der Waals surface area (Å²) in [6.45, 7) is 4.93. The van der Waals surface area contributed by atoms with Crippen molar-refractivity contribution in [2.24, 2.45) is 0 Å². The van der Waals surface area contributed by atoms with Gasteiger partial charge in [0, 0.05) is 6.54 Å². The molecule has 4 heteroatoms. The van der Waals surface area contributed by atoms with Gasteiger partial charge in [-0.1, -0.05) is 36.4 Å². The Morgan fingerprint density at radius 1 is 0.958 bits per heavy atom. The van der Waals surface area contributed by atoms with E-state index in [1.807, 2.05) is 31.2 Å². The fraction of sp³-hybridized carbons (Fsp3) is 0.350. The molecule has 0 atom stereocenters. The summed E-state index contributed by atoms with van der Waals surface area (Å²) >= 11 is 0. The number of unbranched alkanes of at least 4 members (excludes halogenated alkanes) is 1. The highest BCUT2D eigenvalue weighted by atomic mass is 16.5. The molecule has 0 aliphatic rings. The maximum absolute atomic E-state index is 11.7. The largest absolute Gasteiger partial charge is 0.473 e. The zero-order valence-electron chi connectivity index (χ0n) is 14.5. The lowest BCUT2D eigenvalue weighted by Gasteiger charge is -2.10. The second-order valence-electron chi connectivity index (χ2n) is 5.91. The van der Waals surface area contributed by atoms with Crippen molar-refractivity contribution in [1.82, 2.24) is 10.6 Å². The van der Waals surface area contributed by atoms with Crippen molar-refractivity contribution in [1.29, 1.82) is 0 Å². The second kappa shape index (κ2) is 9.60. The van der Waals surface area contributed by atoms with Crippen molar-refractivity contribution in [2.45, 2.75) is 33.1 Å². The molecule has 2 aromatic carbocycles. The van der Waals surface area contributed by atoms with E-state index in [0.29, 0.717) is 6.54 Å². The first kappa shape index (κ1) is 17.9. The molecule has 2 N–H and O–H groups in total. The van der Waals surface area contributed by atoms with Gasteiger partial charge in [0.1, 0.15) is 5.75 Å². The number of carbonyl (C=O) groups excluding carboxylic acids is 1. The van der Waals surface area contributed by atoms with Gasteiger partial charge in [-0.05, 0) is 61.9 Å². The third-order valence-electron chi connectivity index (χ3n) is 3.97. The van der Waals surface area contributed by atoms with E-state index in [-0.39, 0.29) is 12.8 Å². The summed E-state index contributed by atoms with van der Waals surface area (Å²) in [5.41, 5.74) is 3.74. The molecule has 24 heavy (non-hydrogen) atoms. The SMILES string of the molecule is Cc1ccc(OCNC(=O)NCCCCc2ccccc2)cc1C. The molecule has 0 heterocycles. The van der Waals surface area contributed by atoms with Crippen LogP contribution in [0.25, 0.3) is 0 Å². The normalized spacial score (nSPS) is 10.2. The van der Waals surface area contributed by atoms with Gasteiger partial charge in [-0.2, -0.15) is 0 Å². The fourth-order valence-electron chi connectivity index (χ4n) is 2.35. The Hall–Kier alpha value is -2.49. The van der Waals surface area contributed by atoms with E-state index in [9.17, 15) is 4.79 Å². The third-order valence-corrected chi connectivity index (χ3v) is 3.97. The molecule has 0 bridgehead atoms. The minimum Gasteiger partial charge on any atom is -0.473 e. The molecular weight excluding hydrogens is 300 g/mol. The number of aryl methyl sites for hydroxylation is 3. The maximum Gasteiger partial charge on any atom is 0.317 e. The first-order chi connectivity index (χ1) is 11.6. The number of urea groups is 1. The Balaban J connectivity index is 1.54. The van der Waals surface area contributed by atoms with Gasteiger partial charge in [0.25, 0.3) is 0 Å². The average Bonchev–Trinajstić information content (AvgIpc) is 2.59. The fourth-order valence-corrected chi connectivity index (χ4v) is 2.35. The van der Waals surface area contributed by atoms with Crippen LogP contribution >= 0.6 is 0 Å². The molecule has 0 aliphatic carbocycles. The summed E-state index contributed by atoms with van der Waals surface area (Å²) in [6, 6.07) is 16.1. The Morgan fingerprint density at radius 3 is 2.50 bits per heavy atom. The number of benzene rings is 2. The van der Waals surface area contributed by atoms with E-state index in [1.54, 1.807) is 0 Å². The van der Waals surface area contributed by atoms with E-state index in [0.717, 1.165) is 25.0 Å². The van der Waals surface area contributed by atoms with E-state index in [1.165, 1.54) is 16.7 Å². The summed E-state index contributed by atoms with van der Waals surface area (Å²) < 4.78 is 5.53. The lowest BCUT2D eigenvalue weighted by atomic mass is 10.1. The first-order valence-corrected chi connectivity index (χ1v) is 8.41. The van der Waals surface area contributed by atoms with Crippen LogP contribution in [0.5, 0.6) is 5.75 Å². The number of ether oxygens (including phenoxy) is 1. The Kier molecular flexibility index (Phi) is 7.15. The molecule has 2 aromatic rings. The molecule has 0 radical (unpaired) electrons. The van der Waals surface area contributed by atoms with Gasteiger partial charge >= 0.3 is 6.03 Å². The van der Waals surface area contributed by atoms with Crippen LogP contribution < -0.4 is 15.4 Å². The number of carbonyl (C=O) groups is 1. The van der Waals surface area contributed by atoms with Crippen molar-refractivity contribution >= 4 is 6.03 Å². The highest BCUT2D eigenvalue weighted by Gasteiger charge is 2.01. The van der Waals surface area contributed by atoms with Gasteiger partial charge in [-0.3, -0.25) is 0 Å². The van der Waals surface area contributed by atoms with Crippen molar-refractivity contribution in [3.05, 3.63) is 65.2 Å². The number of hydrogen-bond acceptors (Lipinski definition) is 2. The Bertz CT molecular complexity index is 641. The zero-order valence-corrected chi connectivity index (χ0v) is 14.5. The Labute approximate surface area is 144 Å². The van der Waals surface area contributed by atoms with Gasteiger partial charge in [0.05, 0.1) is 0 Å². The summed E-state index contributed by atoms with van der Waals surface area (Å²) in [6.07, 6.45) is 3.06. The molecule has 0 unspecified atom stereocenters. The van der Waals surface area contributed by atoms with Crippen LogP contribution in [-0.4, -0.2) is 19.3 Å². The predicted molar refractivity (Wildman–Crippen MR) is 97.3 cm³/mol. The van der Waals surface area contributed by atoms with Crippen LogP contribution in [0.1, 0.15) is 29.5 Å². The first-order valence-electron chi connectivity index (χ1n) is 8.41. The molecule has 128 valence electrons. The zero-order chi connectivity index (χ0) is 17.2. The quantitative estimate of drug-likeness (QED) is 0.570. The number of hydrogen-bond donors (Lipinski definition) is 2. The number of nitrogens with one attached hydrogen (secondary N) is 2. The highest BCUT2D eigenvalue weighted by molar-refractivity contribution is 5.73. The topological polar surface area (TPSA) is 50.4 Å². The van der Waals surface area contributed by atoms with Gasteiger partial charge in [-0.25, -0.2) is 4.79 Å². The monoisotopic (exact) mass is 326 g/mol. The number of amides is 2. The van der Waals surface area contributed by atoms with Crippen molar-refractivity contribution in [3.63, 3.8) is 0 Å². The molecule has 2 amide bonds. The molecule has 0 saturated carbocycles. The summed E-state index contributed by atoms with van der Waals surface area (Å²) in [7, 11) is 0. The molecule has 2 rings (SSSR count). The van der Waals surface area contributed by atoms with Gasteiger partial charge in [0.15, 0.2) is 6.73 Å². The van der Waals surface area contributed by atoms with Gasteiger partial charge < -0.3 is 15.4 Å². The van der Waals surface area contributed by atoms with E-state index >= 15 is 0 Å². The van der Waals surface area contributed by atoms with Crippen LogP contribution in [0.3, 0.4) is 0 Å². The second-order valence-corrected chi connectivity index (χ2v) is 5.91. The minimum atomic E-state index is -0.196. The lowest BCUT2D eigenvalue weighted by molar-refractivity contribution is 0.224. The molecule has 0 aromatic heterocycles. The van der Waals surface area contributed by atoms with Crippen molar-refractivity contribution in [2.75, 3.05) is 13.3 Å². The molecular formula is C20H26N2O2. The molecule has 0 fully saturated rings. The van der Waals surface area contributed by atoms with Gasteiger partial charge in [-0.15, -0.1) is 0 Å². The van der Waals surface area contributed by atoms with Crippen molar-refractivity contribution < 1.29 is 9.53 Å². The summed E-state index contributed by atoms with van der Waals surface area (Å²) in [5, 5.41) is 5.55. The van der Waals surface area contributed by atoms with E-state index in [2.05, 4.69) is 41.8 Å². The van der Waals surface area contributed by atoms with Crippen LogP contribution in [0.15, 0.2) is 48.5 Å². The summed E-state index contributed by atoms with van der Waals surface area (Å²) in [4.78, 5) is 11.7. The Morgan fingerprint density at radius 2 is 1.75 bits per heavy atom. The van der Waals surface area contributed by atoms with E-state index < -0.39 is 0 Å². The third kappa shape index (κ3) is 6.32. The van der Waals surface area contributed by atoms with Crippen molar-refractivity contribution in [3.8, 4) is 5.75 Å². The van der Waals surface area contributed by atoms with Crippen LogP contribution in [0.2, 0.25) is 0 Å². The van der Waals surface area contributed by atoms with Crippen LogP contribution in [-0.2, 0) is 6.42 Å². The molecule has 0 spiro atoms. The molecule has 0 aliphatic heterocycles. The predicted octanol–water partition coefficient (Wildman–Crippen LogP) is 3.96. The number of rotatable bonds is 8. The van der Waals surface area contributed by atoms with E-state index in [4.69, 9.17) is 4.74 Å². The maximum atomic E-state index is 11.7. The summed E-state index contributed by atoms with van der Waals surface area (Å²) in [5.74, 6) is 0.765. The smallest absolute Gasteiger partial charge is 0.317 e. The molecule has 4 nitrogen and oxygen atoms in total. The highest BCUT2D eigenvalue weighted by Crippen LogP contribution is 2.15. The average molecular weight is 326 g/mol. The van der Waals surface area contributed by atoms with Crippen LogP contribution in [0.4, 0.5) is 4.79 Å². The van der Waals surface area contributed by atoms with Gasteiger partial charge in [0.2, 0.25) is 0 Å². The standard InChI is InChI=1S/C20H26N2O2/c1-16-11-12-19(14-17(16)2)24-15-22-20(23)21-13-7-6-10-18-8-4-3-5-9-18/h3-5,8-9,11-12,14H,6-7,10,13,15H2,1-2H3,(H2,21,22,23). The van der Waals surface area contributed by atoms with Crippen LogP contribution in [0, 0.1) is 13.8 Å². The lowest BCUT2D eigenvalue weighted by Crippen LogP contribution is -2.38. The minimum absolute atomic E-state index is 0.165.